The van der Waals surface area contributed by atoms with Gasteiger partial charge < -0.3 is 20.6 Å². The average molecular weight is 281 g/mol. The van der Waals surface area contributed by atoms with Gasteiger partial charge in [0.25, 0.3) is 0 Å². The molecule has 0 radical (unpaired) electrons. The number of nitrogens with zero attached hydrogens (tertiary/aromatic N) is 1. The number of benzene rings is 1. The van der Waals surface area contributed by atoms with Crippen molar-refractivity contribution < 1.29 is 14.6 Å². The van der Waals surface area contributed by atoms with Gasteiger partial charge in [0.2, 0.25) is 0 Å². The Labute approximate surface area is 114 Å². The lowest BCUT2D eigenvalue weighted by Crippen LogP contribution is -2.25. The lowest BCUT2D eigenvalue weighted by molar-refractivity contribution is -0.136. The minimum absolute atomic E-state index is 0.0568. The van der Waals surface area contributed by atoms with E-state index < -0.39 is 11.2 Å². The van der Waals surface area contributed by atoms with Crippen molar-refractivity contribution in [2.45, 2.75) is 17.3 Å². The number of ether oxygens (including phenoxy) is 1. The first-order chi connectivity index (χ1) is 9.13. The van der Waals surface area contributed by atoms with Crippen LogP contribution in [0.4, 0.5) is 0 Å². The third kappa shape index (κ3) is 3.18. The number of rotatable bonds is 6. The molecule has 1 heterocycles. The molecular weight excluding hydrogens is 266 g/mol. The highest BCUT2D eigenvalue weighted by Crippen LogP contribution is 2.25. The van der Waals surface area contributed by atoms with E-state index in [1.54, 1.807) is 0 Å². The Morgan fingerprint density at radius 1 is 1.63 bits per heavy atom. The maximum absolute atomic E-state index is 10.9. The molecule has 0 aliphatic heterocycles. The number of carboxylic acids is 1. The summed E-state index contributed by atoms with van der Waals surface area (Å²) >= 11 is 1.11. The van der Waals surface area contributed by atoms with Crippen LogP contribution in [0.25, 0.3) is 11.0 Å². The molecule has 1 atom stereocenters. The molecule has 2 rings (SSSR count). The lowest BCUT2D eigenvalue weighted by Gasteiger charge is -2.05. The Kier molecular flexibility index (Phi) is 4.28. The number of aliphatic carboxylic acids is 1. The molecule has 0 bridgehead atoms. The van der Waals surface area contributed by atoms with Crippen LogP contribution < -0.4 is 10.5 Å². The van der Waals surface area contributed by atoms with Gasteiger partial charge in [0.15, 0.2) is 5.16 Å². The van der Waals surface area contributed by atoms with Crippen molar-refractivity contribution in [3.05, 3.63) is 18.2 Å². The summed E-state index contributed by atoms with van der Waals surface area (Å²) in [5.74, 6) is -0.188. The number of carbonyl (C=O) groups is 1. The summed E-state index contributed by atoms with van der Waals surface area (Å²) in [6.07, 6.45) is 0. The first-order valence-electron chi connectivity index (χ1n) is 5.86. The maximum Gasteiger partial charge on any atom is 0.318 e. The molecule has 6 nitrogen and oxygen atoms in total. The molecule has 0 aliphatic carbocycles. The minimum atomic E-state index is -0.942. The molecule has 102 valence electrons. The van der Waals surface area contributed by atoms with Crippen LogP contribution in [0.1, 0.15) is 6.92 Å². The monoisotopic (exact) mass is 281 g/mol. The number of carboxylic acid groups (broad SMARTS) is 1. The molecule has 0 fully saturated rings. The smallest absolute Gasteiger partial charge is 0.318 e. The summed E-state index contributed by atoms with van der Waals surface area (Å²) in [6, 6.07) is 5.51. The molecule has 19 heavy (non-hydrogen) atoms. The van der Waals surface area contributed by atoms with Crippen molar-refractivity contribution in [1.29, 1.82) is 0 Å². The summed E-state index contributed by atoms with van der Waals surface area (Å²) in [5.41, 5.74) is 7.00. The highest BCUT2D eigenvalue weighted by molar-refractivity contribution is 8.00. The van der Waals surface area contributed by atoms with Gasteiger partial charge in [0.1, 0.15) is 11.0 Å². The van der Waals surface area contributed by atoms with Crippen molar-refractivity contribution in [3.63, 3.8) is 0 Å². The molecule has 4 N–H and O–H groups in total. The van der Waals surface area contributed by atoms with Crippen LogP contribution in [0, 0.1) is 0 Å². The van der Waals surface area contributed by atoms with Crippen LogP contribution in [-0.2, 0) is 4.79 Å². The largest absolute Gasteiger partial charge is 0.494 e. The topological polar surface area (TPSA) is 101 Å². The highest BCUT2D eigenvalue weighted by atomic mass is 32.2. The number of aromatic nitrogens is 2. The Balaban J connectivity index is 2.23. The third-order valence-electron chi connectivity index (χ3n) is 2.49. The SMILES string of the molecule is CCOc1ccc2nc(SC(CN)C(=O)O)[nH]c2c1. The van der Waals surface area contributed by atoms with Gasteiger partial charge in [-0.15, -0.1) is 0 Å². The number of fused-ring (bicyclic) bond motifs is 1. The molecule has 1 unspecified atom stereocenters. The van der Waals surface area contributed by atoms with Gasteiger partial charge in [-0.2, -0.15) is 0 Å². The number of nitrogens with one attached hydrogen (secondary N) is 1. The zero-order valence-corrected chi connectivity index (χ0v) is 11.2. The van der Waals surface area contributed by atoms with Gasteiger partial charge in [-0.25, -0.2) is 4.98 Å². The van der Waals surface area contributed by atoms with Gasteiger partial charge in [-0.3, -0.25) is 4.79 Å². The van der Waals surface area contributed by atoms with E-state index in [0.717, 1.165) is 28.5 Å². The molecule has 0 spiro atoms. The van der Waals surface area contributed by atoms with E-state index in [-0.39, 0.29) is 6.54 Å². The van der Waals surface area contributed by atoms with Crippen molar-refractivity contribution in [1.82, 2.24) is 9.97 Å². The van der Waals surface area contributed by atoms with E-state index in [4.69, 9.17) is 15.6 Å². The molecular formula is C12H15N3O3S. The van der Waals surface area contributed by atoms with Gasteiger partial charge in [0.05, 0.1) is 17.6 Å². The molecule has 1 aromatic carbocycles. The zero-order valence-electron chi connectivity index (χ0n) is 10.4. The second-order valence-corrected chi connectivity index (χ2v) is 5.03. The molecule has 0 amide bonds. The molecule has 0 aliphatic rings. The van der Waals surface area contributed by atoms with E-state index in [1.807, 2.05) is 25.1 Å². The Morgan fingerprint density at radius 3 is 3.05 bits per heavy atom. The molecule has 0 saturated carbocycles. The molecule has 7 heteroatoms. The fourth-order valence-corrected chi connectivity index (χ4v) is 2.40. The van der Waals surface area contributed by atoms with E-state index in [0.29, 0.717) is 11.8 Å². The summed E-state index contributed by atoms with van der Waals surface area (Å²) in [6.45, 7) is 2.56. The number of thioether (sulfide) groups is 1. The third-order valence-corrected chi connectivity index (χ3v) is 3.58. The zero-order chi connectivity index (χ0) is 13.8. The summed E-state index contributed by atoms with van der Waals surface area (Å²) in [7, 11) is 0. The number of aromatic amines is 1. The number of imidazole rings is 1. The van der Waals surface area contributed by atoms with Gasteiger partial charge in [-0.1, -0.05) is 11.8 Å². The minimum Gasteiger partial charge on any atom is -0.494 e. The normalized spacial score (nSPS) is 12.5. The summed E-state index contributed by atoms with van der Waals surface area (Å²) < 4.78 is 5.40. The Hall–Kier alpha value is -1.73. The molecule has 2 aromatic rings. The highest BCUT2D eigenvalue weighted by Gasteiger charge is 2.18. The first kappa shape index (κ1) is 13.7. The van der Waals surface area contributed by atoms with E-state index >= 15 is 0 Å². The number of hydrogen-bond donors (Lipinski definition) is 3. The van der Waals surface area contributed by atoms with Crippen molar-refractivity contribution in [2.75, 3.05) is 13.2 Å². The Morgan fingerprint density at radius 2 is 2.42 bits per heavy atom. The van der Waals surface area contributed by atoms with Crippen molar-refractivity contribution >= 4 is 28.8 Å². The van der Waals surface area contributed by atoms with E-state index in [9.17, 15) is 4.79 Å². The second-order valence-electron chi connectivity index (χ2n) is 3.83. The number of H-pyrrole nitrogens is 1. The predicted octanol–water partition coefficient (Wildman–Crippen LogP) is 1.47. The number of hydrogen-bond acceptors (Lipinski definition) is 5. The van der Waals surface area contributed by atoms with Crippen LogP contribution in [0.5, 0.6) is 5.75 Å². The number of nitrogens with two attached hydrogens (primary N) is 1. The lowest BCUT2D eigenvalue weighted by atomic mass is 10.3. The summed E-state index contributed by atoms with van der Waals surface area (Å²) in [5, 5.41) is 8.80. The van der Waals surface area contributed by atoms with Crippen molar-refractivity contribution in [2.24, 2.45) is 5.73 Å². The van der Waals surface area contributed by atoms with Crippen LogP contribution >= 0.6 is 11.8 Å². The van der Waals surface area contributed by atoms with Crippen LogP contribution in [0.2, 0.25) is 0 Å². The average Bonchev–Trinajstić information content (AvgIpc) is 2.77. The standard InChI is InChI=1S/C12H15N3O3S/c1-2-18-7-3-4-8-9(5-7)15-12(14-8)19-10(6-13)11(16)17/h3-5,10H,2,6,13H2,1H3,(H,14,15)(H,16,17). The predicted molar refractivity (Wildman–Crippen MR) is 73.6 cm³/mol. The second kappa shape index (κ2) is 5.94. The van der Waals surface area contributed by atoms with E-state index in [1.165, 1.54) is 0 Å². The van der Waals surface area contributed by atoms with E-state index in [2.05, 4.69) is 9.97 Å². The van der Waals surface area contributed by atoms with Gasteiger partial charge in [0, 0.05) is 12.6 Å². The quantitative estimate of drug-likeness (QED) is 0.693. The van der Waals surface area contributed by atoms with Gasteiger partial charge >= 0.3 is 5.97 Å². The molecule has 0 saturated heterocycles. The Bertz CT molecular complexity index is 585. The van der Waals surface area contributed by atoms with Crippen molar-refractivity contribution in [3.8, 4) is 5.75 Å². The fourth-order valence-electron chi connectivity index (χ4n) is 1.61. The van der Waals surface area contributed by atoms with Crippen LogP contribution in [0.3, 0.4) is 0 Å². The first-order valence-corrected chi connectivity index (χ1v) is 6.74. The fraction of sp³-hybridized carbons (Fsp3) is 0.333. The molecule has 1 aromatic heterocycles. The maximum atomic E-state index is 10.9. The summed E-state index contributed by atoms with van der Waals surface area (Å²) in [4.78, 5) is 18.3. The van der Waals surface area contributed by atoms with Gasteiger partial charge in [-0.05, 0) is 19.1 Å². The van der Waals surface area contributed by atoms with Crippen LogP contribution in [-0.4, -0.2) is 39.4 Å². The van der Waals surface area contributed by atoms with Crippen LogP contribution in [0.15, 0.2) is 23.4 Å².